The minimum absolute atomic E-state index is 0.0346. The third-order valence-corrected chi connectivity index (χ3v) is 4.33. The molecule has 0 unspecified atom stereocenters. The van der Waals surface area contributed by atoms with Gasteiger partial charge in [0.25, 0.3) is 5.91 Å². The molecule has 0 atom stereocenters. The van der Waals surface area contributed by atoms with Crippen LogP contribution in [0.15, 0.2) is 36.4 Å². The van der Waals surface area contributed by atoms with Gasteiger partial charge in [-0.1, -0.05) is 23.2 Å². The van der Waals surface area contributed by atoms with E-state index in [0.29, 0.717) is 33.5 Å². The minimum atomic E-state index is -0.438. The van der Waals surface area contributed by atoms with Crippen LogP contribution in [0.4, 0.5) is 0 Å². The zero-order chi connectivity index (χ0) is 19.2. The lowest BCUT2D eigenvalue weighted by molar-refractivity contribution is -0.144. The van der Waals surface area contributed by atoms with Gasteiger partial charge in [0.15, 0.2) is 6.79 Å². The number of rotatable bonds is 6. The maximum absolute atomic E-state index is 12.0. The lowest BCUT2D eigenvalue weighted by atomic mass is 10.1. The van der Waals surface area contributed by atoms with Gasteiger partial charge in [0.05, 0.1) is 13.0 Å². The second-order valence-electron chi connectivity index (χ2n) is 5.84. The maximum Gasteiger partial charge on any atom is 0.307 e. The Balaban J connectivity index is 1.47. The van der Waals surface area contributed by atoms with E-state index in [9.17, 15) is 9.59 Å². The summed E-state index contributed by atoms with van der Waals surface area (Å²) in [5.41, 5.74) is 1.96. The van der Waals surface area contributed by atoms with Gasteiger partial charge in [0, 0.05) is 33.3 Å². The van der Waals surface area contributed by atoms with Crippen molar-refractivity contribution in [3.8, 4) is 5.75 Å². The molecule has 1 heterocycles. The number of carbonyl (C=O) groups excluding carboxylic acids is 2. The average molecular weight is 410 g/mol. The first-order valence-corrected chi connectivity index (χ1v) is 9.00. The summed E-state index contributed by atoms with van der Waals surface area (Å²) < 4.78 is 16.0. The predicted molar refractivity (Wildman–Crippen MR) is 99.9 cm³/mol. The normalized spacial score (nSPS) is 12.7. The number of hydrogen-bond donors (Lipinski definition) is 1. The molecule has 8 heteroatoms. The van der Waals surface area contributed by atoms with Crippen LogP contribution in [-0.2, 0) is 27.5 Å². The van der Waals surface area contributed by atoms with Crippen LogP contribution in [0.25, 0.3) is 0 Å². The van der Waals surface area contributed by atoms with Crippen molar-refractivity contribution >= 4 is 35.1 Å². The summed E-state index contributed by atoms with van der Waals surface area (Å²) in [6, 6.07) is 9.94. The van der Waals surface area contributed by atoms with Gasteiger partial charge in [-0.05, 0) is 36.4 Å². The Morgan fingerprint density at radius 3 is 2.67 bits per heavy atom. The minimum Gasteiger partial charge on any atom is -0.467 e. The van der Waals surface area contributed by atoms with Crippen LogP contribution < -0.4 is 10.1 Å². The summed E-state index contributed by atoms with van der Waals surface area (Å²) >= 11 is 11.9. The van der Waals surface area contributed by atoms with E-state index in [1.165, 1.54) is 0 Å². The van der Waals surface area contributed by atoms with Crippen molar-refractivity contribution in [1.82, 2.24) is 5.32 Å². The molecule has 2 aromatic carbocycles. The van der Waals surface area contributed by atoms with E-state index in [0.717, 1.165) is 5.56 Å². The van der Waals surface area contributed by atoms with Gasteiger partial charge in [-0.3, -0.25) is 9.59 Å². The second kappa shape index (κ2) is 9.08. The summed E-state index contributed by atoms with van der Waals surface area (Å²) in [6.45, 7) is 0.741. The van der Waals surface area contributed by atoms with Crippen molar-refractivity contribution in [2.75, 3.05) is 13.3 Å². The Labute approximate surface area is 166 Å². The molecule has 1 N–H and O–H groups in total. The molecule has 0 bridgehead atoms. The largest absolute Gasteiger partial charge is 0.467 e. The van der Waals surface area contributed by atoms with E-state index in [1.54, 1.807) is 36.4 Å². The van der Waals surface area contributed by atoms with Gasteiger partial charge >= 0.3 is 5.97 Å². The zero-order valence-electron chi connectivity index (χ0n) is 14.3. The molecular formula is C19H17Cl2NO5. The number of ether oxygens (including phenoxy) is 3. The van der Waals surface area contributed by atoms with E-state index in [-0.39, 0.29) is 32.3 Å². The summed E-state index contributed by atoms with van der Waals surface area (Å²) in [4.78, 5) is 23.9. The third-order valence-electron chi connectivity index (χ3n) is 3.86. The molecule has 0 saturated carbocycles. The topological polar surface area (TPSA) is 73.9 Å². The molecular weight excluding hydrogens is 393 g/mol. The summed E-state index contributed by atoms with van der Waals surface area (Å²) in [6.07, 6.45) is 0.0477. The fraction of sp³-hybridized carbons (Fsp3) is 0.263. The smallest absolute Gasteiger partial charge is 0.307 e. The molecule has 1 aliphatic heterocycles. The van der Waals surface area contributed by atoms with Gasteiger partial charge < -0.3 is 19.5 Å². The first kappa shape index (κ1) is 19.5. The van der Waals surface area contributed by atoms with Gasteiger partial charge in [-0.25, -0.2) is 0 Å². The highest BCUT2D eigenvalue weighted by atomic mass is 35.5. The van der Waals surface area contributed by atoms with Crippen LogP contribution in [0.1, 0.15) is 27.9 Å². The van der Waals surface area contributed by atoms with E-state index >= 15 is 0 Å². The maximum atomic E-state index is 12.0. The molecule has 1 aliphatic rings. The van der Waals surface area contributed by atoms with Gasteiger partial charge in [-0.2, -0.15) is 0 Å². The number of fused-ring (bicyclic) bond motifs is 1. The Morgan fingerprint density at radius 2 is 1.89 bits per heavy atom. The zero-order valence-corrected chi connectivity index (χ0v) is 15.8. The molecule has 1 amide bonds. The van der Waals surface area contributed by atoms with Crippen molar-refractivity contribution in [1.29, 1.82) is 0 Å². The summed E-state index contributed by atoms with van der Waals surface area (Å²) in [5, 5.41) is 3.73. The van der Waals surface area contributed by atoms with Crippen LogP contribution in [0.5, 0.6) is 5.75 Å². The number of esters is 1. The number of halogens is 2. The van der Waals surface area contributed by atoms with E-state index < -0.39 is 5.97 Å². The van der Waals surface area contributed by atoms with Crippen LogP contribution in [0.3, 0.4) is 0 Å². The van der Waals surface area contributed by atoms with Crippen molar-refractivity contribution in [2.24, 2.45) is 0 Å². The van der Waals surface area contributed by atoms with Gasteiger partial charge in [0.2, 0.25) is 0 Å². The molecule has 0 radical (unpaired) electrons. The fourth-order valence-electron chi connectivity index (χ4n) is 2.58. The summed E-state index contributed by atoms with van der Waals surface area (Å²) in [5.74, 6) is -0.0848. The van der Waals surface area contributed by atoms with Crippen LogP contribution >= 0.6 is 23.2 Å². The van der Waals surface area contributed by atoms with E-state index in [4.69, 9.17) is 37.4 Å². The first-order chi connectivity index (χ1) is 13.0. The van der Waals surface area contributed by atoms with Gasteiger partial charge in [0.1, 0.15) is 12.4 Å². The van der Waals surface area contributed by atoms with Crippen molar-refractivity contribution in [3.05, 3.63) is 63.1 Å². The highest BCUT2D eigenvalue weighted by molar-refractivity contribution is 6.31. The molecule has 6 nitrogen and oxygen atoms in total. The second-order valence-corrected chi connectivity index (χ2v) is 6.71. The highest BCUT2D eigenvalue weighted by Gasteiger charge is 2.17. The fourth-order valence-corrected chi connectivity index (χ4v) is 2.97. The number of hydrogen-bond acceptors (Lipinski definition) is 5. The lowest BCUT2D eigenvalue weighted by Gasteiger charge is -2.21. The molecule has 0 saturated heterocycles. The third kappa shape index (κ3) is 5.35. The lowest BCUT2D eigenvalue weighted by Crippen LogP contribution is -2.26. The molecule has 0 aromatic heterocycles. The Hall–Kier alpha value is -2.28. The Kier molecular flexibility index (Phi) is 6.55. The number of amides is 1. The molecule has 0 spiro atoms. The standard InChI is InChI=1S/C19H17Cl2NO5/c20-15-3-1-12(2-4-15)19(24)22-6-5-17(23)26-10-14-8-16(21)7-13-9-25-11-27-18(13)14/h1-4,7-8H,5-6,9-11H2,(H,22,24). The number of benzene rings is 2. The van der Waals surface area contributed by atoms with Gasteiger partial charge in [-0.15, -0.1) is 0 Å². The van der Waals surface area contributed by atoms with Crippen molar-refractivity contribution in [3.63, 3.8) is 0 Å². The SMILES string of the molecule is O=C(CCNC(=O)c1ccc(Cl)cc1)OCc1cc(Cl)cc2c1OCOC2. The quantitative estimate of drug-likeness (QED) is 0.735. The monoisotopic (exact) mass is 409 g/mol. The predicted octanol–water partition coefficient (Wildman–Crippen LogP) is 3.72. The number of nitrogens with one attached hydrogen (secondary N) is 1. The van der Waals surface area contributed by atoms with Crippen LogP contribution in [0.2, 0.25) is 10.0 Å². The van der Waals surface area contributed by atoms with E-state index in [1.807, 2.05) is 0 Å². The number of carbonyl (C=O) groups is 2. The molecule has 3 rings (SSSR count). The molecule has 0 fully saturated rings. The Morgan fingerprint density at radius 1 is 1.11 bits per heavy atom. The molecule has 2 aromatic rings. The van der Waals surface area contributed by atoms with Crippen molar-refractivity contribution in [2.45, 2.75) is 19.6 Å². The molecule has 0 aliphatic carbocycles. The van der Waals surface area contributed by atoms with Crippen LogP contribution in [-0.4, -0.2) is 25.2 Å². The molecule has 27 heavy (non-hydrogen) atoms. The average Bonchev–Trinajstić information content (AvgIpc) is 2.66. The van der Waals surface area contributed by atoms with Crippen molar-refractivity contribution < 1.29 is 23.8 Å². The molecule has 142 valence electrons. The Bertz CT molecular complexity index is 839. The highest BCUT2D eigenvalue weighted by Crippen LogP contribution is 2.32. The van der Waals surface area contributed by atoms with E-state index in [2.05, 4.69) is 5.32 Å². The van der Waals surface area contributed by atoms with Crippen LogP contribution in [0, 0.1) is 0 Å². The summed E-state index contributed by atoms with van der Waals surface area (Å²) in [7, 11) is 0. The first-order valence-electron chi connectivity index (χ1n) is 8.24.